The lowest BCUT2D eigenvalue weighted by atomic mass is 9.84. The van der Waals surface area contributed by atoms with Gasteiger partial charge in [0.15, 0.2) is 0 Å². The van der Waals surface area contributed by atoms with Crippen molar-refractivity contribution in [3.8, 4) is 0 Å². The van der Waals surface area contributed by atoms with Gasteiger partial charge in [-0.1, -0.05) is 43.2 Å². The van der Waals surface area contributed by atoms with Crippen LogP contribution in [0.4, 0.5) is 0 Å². The SMILES string of the molecule is CN(C)C(=O)C1(CNC2CN(Cc3ccccc3)C(C)(C)C2)CCCC1. The normalized spacial score (nSPS) is 24.7. The molecule has 26 heavy (non-hydrogen) atoms. The van der Waals surface area contributed by atoms with Crippen LogP contribution in [0.25, 0.3) is 0 Å². The number of rotatable bonds is 6. The van der Waals surface area contributed by atoms with Crippen LogP contribution in [0.1, 0.15) is 51.5 Å². The first-order valence-corrected chi connectivity index (χ1v) is 10.1. The van der Waals surface area contributed by atoms with Crippen LogP contribution in [0.15, 0.2) is 30.3 Å². The van der Waals surface area contributed by atoms with E-state index in [0.29, 0.717) is 11.9 Å². The Morgan fingerprint density at radius 3 is 2.46 bits per heavy atom. The lowest BCUT2D eigenvalue weighted by Crippen LogP contribution is -2.48. The third kappa shape index (κ3) is 4.12. The van der Waals surface area contributed by atoms with Crippen molar-refractivity contribution in [2.75, 3.05) is 27.2 Å². The van der Waals surface area contributed by atoms with Crippen molar-refractivity contribution in [2.24, 2.45) is 5.41 Å². The molecule has 1 aliphatic carbocycles. The molecule has 1 atom stereocenters. The fraction of sp³-hybridized carbons (Fsp3) is 0.682. The molecule has 1 N–H and O–H groups in total. The van der Waals surface area contributed by atoms with E-state index < -0.39 is 0 Å². The van der Waals surface area contributed by atoms with Gasteiger partial charge in [-0.25, -0.2) is 0 Å². The number of amides is 1. The van der Waals surface area contributed by atoms with Crippen LogP contribution >= 0.6 is 0 Å². The molecule has 2 fully saturated rings. The van der Waals surface area contributed by atoms with E-state index in [9.17, 15) is 4.79 Å². The van der Waals surface area contributed by atoms with Crippen LogP contribution in [0, 0.1) is 5.41 Å². The highest BCUT2D eigenvalue weighted by atomic mass is 16.2. The average molecular weight is 358 g/mol. The summed E-state index contributed by atoms with van der Waals surface area (Å²) in [5, 5.41) is 3.78. The Hall–Kier alpha value is -1.39. The van der Waals surface area contributed by atoms with Gasteiger partial charge in [-0.15, -0.1) is 0 Å². The summed E-state index contributed by atoms with van der Waals surface area (Å²) in [7, 11) is 3.78. The standard InChI is InChI=1S/C22H35N3O/c1-21(2)14-19(16-25(21)15-18-10-6-5-7-11-18)23-17-22(12-8-9-13-22)20(26)24(3)4/h5-7,10-11,19,23H,8-9,12-17H2,1-4H3. The Balaban J connectivity index is 1.61. The summed E-state index contributed by atoms with van der Waals surface area (Å²) < 4.78 is 0. The third-order valence-corrected chi connectivity index (χ3v) is 6.41. The summed E-state index contributed by atoms with van der Waals surface area (Å²) >= 11 is 0. The van der Waals surface area contributed by atoms with Crippen LogP contribution in [0.3, 0.4) is 0 Å². The number of carbonyl (C=O) groups is 1. The number of hydrogen-bond acceptors (Lipinski definition) is 3. The highest BCUT2D eigenvalue weighted by Crippen LogP contribution is 2.39. The number of carbonyl (C=O) groups excluding carboxylic acids is 1. The second kappa shape index (κ2) is 7.69. The lowest BCUT2D eigenvalue weighted by Gasteiger charge is -2.32. The first-order chi connectivity index (χ1) is 12.3. The van der Waals surface area contributed by atoms with E-state index >= 15 is 0 Å². The van der Waals surface area contributed by atoms with Crippen LogP contribution in [0.2, 0.25) is 0 Å². The van der Waals surface area contributed by atoms with Gasteiger partial charge in [0.25, 0.3) is 0 Å². The second-order valence-electron chi connectivity index (χ2n) is 9.15. The Bertz CT molecular complexity index is 605. The number of benzene rings is 1. The molecule has 1 aliphatic heterocycles. The van der Waals surface area contributed by atoms with E-state index in [1.165, 1.54) is 18.4 Å². The molecule has 1 saturated heterocycles. The molecule has 0 spiro atoms. The van der Waals surface area contributed by atoms with E-state index in [1.54, 1.807) is 4.90 Å². The maximum atomic E-state index is 12.8. The van der Waals surface area contributed by atoms with Crippen molar-refractivity contribution in [2.45, 2.75) is 64.1 Å². The van der Waals surface area contributed by atoms with E-state index in [1.807, 2.05) is 14.1 Å². The fourth-order valence-electron chi connectivity index (χ4n) is 4.86. The zero-order chi connectivity index (χ0) is 18.8. The van der Waals surface area contributed by atoms with Crippen molar-refractivity contribution in [3.05, 3.63) is 35.9 Å². The molecular weight excluding hydrogens is 322 g/mol. The topological polar surface area (TPSA) is 35.6 Å². The zero-order valence-corrected chi connectivity index (χ0v) is 16.9. The van der Waals surface area contributed by atoms with Gasteiger partial charge >= 0.3 is 0 Å². The van der Waals surface area contributed by atoms with Crippen LogP contribution in [-0.2, 0) is 11.3 Å². The highest BCUT2D eigenvalue weighted by molar-refractivity contribution is 5.82. The van der Waals surface area contributed by atoms with E-state index in [4.69, 9.17) is 0 Å². The van der Waals surface area contributed by atoms with Gasteiger partial charge < -0.3 is 10.2 Å². The molecule has 4 nitrogen and oxygen atoms in total. The summed E-state index contributed by atoms with van der Waals surface area (Å²) in [6.45, 7) is 7.55. The van der Waals surface area contributed by atoms with Gasteiger partial charge in [0.2, 0.25) is 5.91 Å². The van der Waals surface area contributed by atoms with Gasteiger partial charge in [0, 0.05) is 45.3 Å². The molecule has 1 heterocycles. The van der Waals surface area contributed by atoms with Gasteiger partial charge in [-0.2, -0.15) is 0 Å². The van der Waals surface area contributed by atoms with Crippen molar-refractivity contribution in [3.63, 3.8) is 0 Å². The maximum absolute atomic E-state index is 12.8. The summed E-state index contributed by atoms with van der Waals surface area (Å²) in [4.78, 5) is 17.1. The Kier molecular flexibility index (Phi) is 5.73. The Morgan fingerprint density at radius 1 is 1.19 bits per heavy atom. The molecular formula is C22H35N3O. The molecule has 4 heteroatoms. The molecule has 0 radical (unpaired) electrons. The Morgan fingerprint density at radius 2 is 1.85 bits per heavy atom. The van der Waals surface area contributed by atoms with E-state index in [2.05, 4.69) is 54.4 Å². The lowest BCUT2D eigenvalue weighted by molar-refractivity contribution is -0.139. The predicted octanol–water partition coefficient (Wildman–Crippen LogP) is 3.28. The molecule has 1 aromatic rings. The molecule has 3 rings (SSSR count). The summed E-state index contributed by atoms with van der Waals surface area (Å²) in [6.07, 6.45) is 5.54. The van der Waals surface area contributed by atoms with Crippen molar-refractivity contribution in [1.82, 2.24) is 15.1 Å². The van der Waals surface area contributed by atoms with Crippen molar-refractivity contribution < 1.29 is 4.79 Å². The number of nitrogens with one attached hydrogen (secondary N) is 1. The predicted molar refractivity (Wildman–Crippen MR) is 107 cm³/mol. The largest absolute Gasteiger partial charge is 0.348 e. The molecule has 0 aromatic heterocycles. The summed E-state index contributed by atoms with van der Waals surface area (Å²) in [5.41, 5.74) is 1.37. The molecule has 0 bridgehead atoms. The second-order valence-corrected chi connectivity index (χ2v) is 9.15. The first kappa shape index (κ1) is 19.4. The van der Waals surface area contributed by atoms with Gasteiger partial charge in [-0.05, 0) is 38.7 Å². The monoisotopic (exact) mass is 357 g/mol. The summed E-state index contributed by atoms with van der Waals surface area (Å²) in [6, 6.07) is 11.2. The van der Waals surface area contributed by atoms with Gasteiger partial charge in [-0.3, -0.25) is 9.69 Å². The molecule has 1 unspecified atom stereocenters. The quantitative estimate of drug-likeness (QED) is 0.849. The van der Waals surface area contributed by atoms with Crippen LogP contribution in [0.5, 0.6) is 0 Å². The van der Waals surface area contributed by atoms with Gasteiger partial charge in [0.1, 0.15) is 0 Å². The minimum atomic E-state index is -0.180. The average Bonchev–Trinajstić information content (AvgIpc) is 3.19. The van der Waals surface area contributed by atoms with Crippen LogP contribution in [-0.4, -0.2) is 54.5 Å². The van der Waals surface area contributed by atoms with Crippen molar-refractivity contribution >= 4 is 5.91 Å². The van der Waals surface area contributed by atoms with Crippen molar-refractivity contribution in [1.29, 1.82) is 0 Å². The molecule has 144 valence electrons. The minimum absolute atomic E-state index is 0.180. The fourth-order valence-corrected chi connectivity index (χ4v) is 4.86. The molecule has 1 amide bonds. The zero-order valence-electron chi connectivity index (χ0n) is 16.9. The molecule has 2 aliphatic rings. The molecule has 1 aromatic carbocycles. The molecule has 1 saturated carbocycles. The third-order valence-electron chi connectivity index (χ3n) is 6.41. The van der Waals surface area contributed by atoms with E-state index in [0.717, 1.165) is 38.9 Å². The van der Waals surface area contributed by atoms with E-state index in [-0.39, 0.29) is 11.0 Å². The Labute approximate surface area is 158 Å². The number of nitrogens with zero attached hydrogens (tertiary/aromatic N) is 2. The maximum Gasteiger partial charge on any atom is 0.229 e. The van der Waals surface area contributed by atoms with Crippen LogP contribution < -0.4 is 5.32 Å². The number of likely N-dealkylation sites (tertiary alicyclic amines) is 1. The smallest absolute Gasteiger partial charge is 0.229 e. The summed E-state index contributed by atoms with van der Waals surface area (Å²) in [5.74, 6) is 0.306. The highest BCUT2D eigenvalue weighted by Gasteiger charge is 2.44. The van der Waals surface area contributed by atoms with Gasteiger partial charge in [0.05, 0.1) is 5.41 Å². The number of hydrogen-bond donors (Lipinski definition) is 1. The minimum Gasteiger partial charge on any atom is -0.348 e. The first-order valence-electron chi connectivity index (χ1n) is 10.1.